The summed E-state index contributed by atoms with van der Waals surface area (Å²) < 4.78 is 0. The number of rotatable bonds is 4. The maximum atomic E-state index is 5.63. The molecule has 0 fully saturated rings. The monoisotopic (exact) mass is 262 g/mol. The molecule has 0 unspecified atom stereocenters. The molecule has 0 saturated carbocycles. The van der Waals surface area contributed by atoms with Crippen LogP contribution in [0.25, 0.3) is 0 Å². The van der Waals surface area contributed by atoms with E-state index in [9.17, 15) is 0 Å². The van der Waals surface area contributed by atoms with Gasteiger partial charge in [-0.15, -0.1) is 11.3 Å². The zero-order valence-electron chi connectivity index (χ0n) is 9.59. The molecular formula is C13H14N2S2. The Kier molecular flexibility index (Phi) is 3.76. The normalized spacial score (nSPS) is 10.2. The molecule has 0 bridgehead atoms. The molecule has 0 radical (unpaired) electrons. The summed E-state index contributed by atoms with van der Waals surface area (Å²) in [6.45, 7) is 0.901. The lowest BCUT2D eigenvalue weighted by Crippen LogP contribution is -2.17. The van der Waals surface area contributed by atoms with Crippen LogP contribution < -0.4 is 10.6 Å². The van der Waals surface area contributed by atoms with Gasteiger partial charge in [0.2, 0.25) is 0 Å². The smallest absolute Gasteiger partial charge is 0.104 e. The lowest BCUT2D eigenvalue weighted by Gasteiger charge is -2.19. The van der Waals surface area contributed by atoms with Crippen LogP contribution in [0.3, 0.4) is 0 Å². The second-order valence-electron chi connectivity index (χ2n) is 3.85. The summed E-state index contributed by atoms with van der Waals surface area (Å²) in [5, 5.41) is 2.09. The first-order valence-corrected chi connectivity index (χ1v) is 6.59. The van der Waals surface area contributed by atoms with Gasteiger partial charge in [0.05, 0.1) is 6.54 Å². The molecule has 1 aromatic carbocycles. The Bertz CT molecular complexity index is 506. The Morgan fingerprint density at radius 1 is 1.35 bits per heavy atom. The van der Waals surface area contributed by atoms with Gasteiger partial charge in [-0.1, -0.05) is 30.4 Å². The molecule has 0 amide bonds. The van der Waals surface area contributed by atoms with Gasteiger partial charge in [-0.3, -0.25) is 0 Å². The Morgan fingerprint density at radius 2 is 2.18 bits per heavy atom. The number of nitrogens with two attached hydrogens (primary N) is 1. The lowest BCUT2D eigenvalue weighted by atomic mass is 10.2. The maximum Gasteiger partial charge on any atom is 0.104 e. The second-order valence-corrected chi connectivity index (χ2v) is 5.32. The predicted octanol–water partition coefficient (Wildman–Crippen LogP) is 3.02. The minimum atomic E-state index is 0.441. The van der Waals surface area contributed by atoms with Crippen LogP contribution >= 0.6 is 23.6 Å². The third-order valence-corrected chi connectivity index (χ3v) is 3.64. The number of hydrogen-bond donors (Lipinski definition) is 1. The van der Waals surface area contributed by atoms with Crippen molar-refractivity contribution in [2.75, 3.05) is 11.9 Å². The van der Waals surface area contributed by atoms with Crippen molar-refractivity contribution in [2.45, 2.75) is 6.54 Å². The summed E-state index contributed by atoms with van der Waals surface area (Å²) in [6, 6.07) is 12.2. The first-order chi connectivity index (χ1) is 8.16. The number of thiocarbonyl (C=S) groups is 1. The van der Waals surface area contributed by atoms with Gasteiger partial charge < -0.3 is 10.6 Å². The van der Waals surface area contributed by atoms with E-state index >= 15 is 0 Å². The number of benzene rings is 1. The van der Waals surface area contributed by atoms with Crippen LogP contribution in [-0.4, -0.2) is 12.0 Å². The summed E-state index contributed by atoms with van der Waals surface area (Å²) in [6.07, 6.45) is 0. The van der Waals surface area contributed by atoms with Gasteiger partial charge in [0.1, 0.15) is 4.99 Å². The summed E-state index contributed by atoms with van der Waals surface area (Å²) in [4.78, 5) is 3.97. The van der Waals surface area contributed by atoms with Crippen molar-refractivity contribution in [3.63, 3.8) is 0 Å². The first-order valence-electron chi connectivity index (χ1n) is 5.30. The Morgan fingerprint density at radius 3 is 2.82 bits per heavy atom. The Hall–Kier alpha value is -1.39. The Balaban J connectivity index is 2.16. The molecule has 0 saturated heterocycles. The number of anilines is 1. The van der Waals surface area contributed by atoms with Crippen molar-refractivity contribution < 1.29 is 0 Å². The fourth-order valence-electron chi connectivity index (χ4n) is 1.62. The second kappa shape index (κ2) is 5.29. The van der Waals surface area contributed by atoms with E-state index in [4.69, 9.17) is 18.0 Å². The predicted molar refractivity (Wildman–Crippen MR) is 78.8 cm³/mol. The maximum absolute atomic E-state index is 5.63. The molecule has 0 aliphatic heterocycles. The van der Waals surface area contributed by atoms with Gasteiger partial charge in [0.15, 0.2) is 0 Å². The highest BCUT2D eigenvalue weighted by atomic mass is 32.1. The van der Waals surface area contributed by atoms with Crippen molar-refractivity contribution in [3.8, 4) is 0 Å². The Labute approximate surface area is 111 Å². The minimum Gasteiger partial charge on any atom is -0.389 e. The molecule has 17 heavy (non-hydrogen) atoms. The zero-order valence-corrected chi connectivity index (χ0v) is 11.2. The van der Waals surface area contributed by atoms with Crippen LogP contribution in [0.2, 0.25) is 0 Å². The summed E-state index contributed by atoms with van der Waals surface area (Å²) >= 11 is 6.75. The van der Waals surface area contributed by atoms with Crippen LogP contribution in [-0.2, 0) is 6.54 Å². The average molecular weight is 262 g/mol. The van der Waals surface area contributed by atoms with E-state index in [2.05, 4.69) is 35.5 Å². The molecule has 1 aromatic heterocycles. The molecule has 0 spiro atoms. The molecule has 0 atom stereocenters. The highest BCUT2D eigenvalue weighted by Crippen LogP contribution is 2.19. The topological polar surface area (TPSA) is 29.3 Å². The largest absolute Gasteiger partial charge is 0.389 e. The van der Waals surface area contributed by atoms with E-state index < -0.39 is 0 Å². The molecule has 2 nitrogen and oxygen atoms in total. The fourth-order valence-corrected chi connectivity index (χ4v) is 2.51. The van der Waals surface area contributed by atoms with Crippen molar-refractivity contribution in [1.82, 2.24) is 0 Å². The van der Waals surface area contributed by atoms with Gasteiger partial charge in [0.25, 0.3) is 0 Å². The summed E-state index contributed by atoms with van der Waals surface area (Å²) in [5.41, 5.74) is 7.67. The zero-order chi connectivity index (χ0) is 12.3. The van der Waals surface area contributed by atoms with Gasteiger partial charge in [-0.2, -0.15) is 0 Å². The van der Waals surface area contributed by atoms with E-state index in [1.165, 1.54) is 4.88 Å². The van der Waals surface area contributed by atoms with Gasteiger partial charge in [0, 0.05) is 23.2 Å². The quantitative estimate of drug-likeness (QED) is 0.859. The van der Waals surface area contributed by atoms with E-state index in [1.54, 1.807) is 11.3 Å². The highest BCUT2D eigenvalue weighted by molar-refractivity contribution is 7.80. The molecule has 88 valence electrons. The van der Waals surface area contributed by atoms with Crippen LogP contribution in [0.1, 0.15) is 10.4 Å². The number of nitrogens with zero attached hydrogens (tertiary/aromatic N) is 1. The molecule has 2 aromatic rings. The average Bonchev–Trinajstić information content (AvgIpc) is 2.82. The van der Waals surface area contributed by atoms with Crippen LogP contribution in [0.5, 0.6) is 0 Å². The SMILES string of the molecule is CN(Cc1cccs1)c1cccc(C(N)=S)c1. The lowest BCUT2D eigenvalue weighted by molar-refractivity contribution is 0.940. The van der Waals surface area contributed by atoms with Crippen molar-refractivity contribution in [1.29, 1.82) is 0 Å². The standard InChI is InChI=1S/C13H14N2S2/c1-15(9-12-6-3-7-17-12)11-5-2-4-10(8-11)13(14)16/h2-8H,9H2,1H3,(H2,14,16). The molecule has 2 N–H and O–H groups in total. The van der Waals surface area contributed by atoms with Crippen LogP contribution in [0.15, 0.2) is 41.8 Å². The molecule has 0 aliphatic rings. The molecule has 1 heterocycles. The van der Waals surface area contributed by atoms with Crippen molar-refractivity contribution in [3.05, 3.63) is 52.2 Å². The third-order valence-electron chi connectivity index (χ3n) is 2.54. The molecule has 4 heteroatoms. The van der Waals surface area contributed by atoms with E-state index in [-0.39, 0.29) is 0 Å². The van der Waals surface area contributed by atoms with Crippen molar-refractivity contribution >= 4 is 34.2 Å². The first kappa shape index (κ1) is 12.1. The summed E-state index contributed by atoms with van der Waals surface area (Å²) in [7, 11) is 2.07. The molecular weight excluding hydrogens is 248 g/mol. The van der Waals surface area contributed by atoms with Crippen molar-refractivity contribution in [2.24, 2.45) is 5.73 Å². The van der Waals surface area contributed by atoms with E-state index in [1.807, 2.05) is 18.2 Å². The van der Waals surface area contributed by atoms with Gasteiger partial charge >= 0.3 is 0 Å². The van der Waals surface area contributed by atoms with E-state index in [0.717, 1.165) is 17.8 Å². The molecule has 2 rings (SSSR count). The van der Waals surface area contributed by atoms with E-state index in [0.29, 0.717) is 4.99 Å². The number of thiophene rings is 1. The number of hydrogen-bond acceptors (Lipinski definition) is 3. The fraction of sp³-hybridized carbons (Fsp3) is 0.154. The minimum absolute atomic E-state index is 0.441. The third kappa shape index (κ3) is 3.05. The van der Waals surface area contributed by atoms with Crippen LogP contribution in [0.4, 0.5) is 5.69 Å². The van der Waals surface area contributed by atoms with Crippen LogP contribution in [0, 0.1) is 0 Å². The summed E-state index contributed by atoms with van der Waals surface area (Å²) in [5.74, 6) is 0. The van der Waals surface area contributed by atoms with Gasteiger partial charge in [-0.05, 0) is 23.6 Å². The van der Waals surface area contributed by atoms with Gasteiger partial charge in [-0.25, -0.2) is 0 Å². The molecule has 0 aliphatic carbocycles. The highest BCUT2D eigenvalue weighted by Gasteiger charge is 2.04.